The molecule has 1 unspecified atom stereocenters. The summed E-state index contributed by atoms with van der Waals surface area (Å²) in [6, 6.07) is 3.43. The predicted octanol–water partition coefficient (Wildman–Crippen LogP) is 2.62. The summed E-state index contributed by atoms with van der Waals surface area (Å²) in [5.74, 6) is -3.69. The maximum Gasteiger partial charge on any atom is 0.428 e. The average molecular weight is 308 g/mol. The van der Waals surface area contributed by atoms with Gasteiger partial charge in [-0.2, -0.15) is 13.2 Å². The van der Waals surface area contributed by atoms with Crippen molar-refractivity contribution in [3.05, 3.63) is 36.2 Å². The van der Waals surface area contributed by atoms with E-state index in [4.69, 9.17) is 9.84 Å². The van der Waals surface area contributed by atoms with Gasteiger partial charge in [0.15, 0.2) is 11.6 Å². The van der Waals surface area contributed by atoms with Gasteiger partial charge in [0.2, 0.25) is 0 Å². The molecule has 21 heavy (non-hydrogen) atoms. The average Bonchev–Trinajstić information content (AvgIpc) is 2.36. The Balaban J connectivity index is 3.22. The second-order valence-electron chi connectivity index (χ2n) is 4.26. The predicted molar refractivity (Wildman–Crippen MR) is 65.2 cm³/mol. The van der Waals surface area contributed by atoms with Crippen LogP contribution in [0.2, 0.25) is 0 Å². The minimum absolute atomic E-state index is 0.151. The number of carboxylic acid groups (broad SMARTS) is 1. The number of hydrogen-bond acceptors (Lipinski definition) is 3. The summed E-state index contributed by atoms with van der Waals surface area (Å²) in [7, 11) is 1.10. The molecule has 0 radical (unpaired) electrons. The normalized spacial score (nSPS) is 14.4. The minimum atomic E-state index is -5.41. The molecule has 2 N–H and O–H groups in total. The summed E-state index contributed by atoms with van der Waals surface area (Å²) in [5, 5.41) is 18.0. The lowest BCUT2D eigenvalue weighted by Crippen LogP contribution is -2.52. The van der Waals surface area contributed by atoms with Gasteiger partial charge in [0.25, 0.3) is 5.60 Å². The summed E-state index contributed by atoms with van der Waals surface area (Å²) in [5.41, 5.74) is -4.59. The maximum absolute atomic E-state index is 13.5. The van der Waals surface area contributed by atoms with E-state index in [0.717, 1.165) is 13.2 Å². The van der Waals surface area contributed by atoms with Gasteiger partial charge in [0.1, 0.15) is 0 Å². The first-order chi connectivity index (χ1) is 9.54. The number of methoxy groups -OCH3 is 1. The fourth-order valence-electron chi connectivity index (χ4n) is 1.70. The summed E-state index contributed by atoms with van der Waals surface area (Å²) in [4.78, 5) is 10.7. The highest BCUT2D eigenvalue weighted by Crippen LogP contribution is 2.39. The van der Waals surface area contributed by atoms with Crippen LogP contribution >= 0.6 is 0 Å². The van der Waals surface area contributed by atoms with Gasteiger partial charge >= 0.3 is 12.1 Å². The number of aliphatic carboxylic acids is 1. The minimum Gasteiger partial charge on any atom is -0.493 e. The number of aliphatic hydroxyl groups is 1. The van der Waals surface area contributed by atoms with Crippen LogP contribution in [-0.2, 0) is 4.79 Å². The van der Waals surface area contributed by atoms with Crippen molar-refractivity contribution < 1.29 is 37.3 Å². The van der Waals surface area contributed by atoms with Gasteiger partial charge < -0.3 is 14.9 Å². The van der Waals surface area contributed by atoms with Crippen molar-refractivity contribution in [1.29, 1.82) is 0 Å². The van der Waals surface area contributed by atoms with Crippen molar-refractivity contribution in [3.8, 4) is 5.75 Å². The summed E-state index contributed by atoms with van der Waals surface area (Å²) < 4.78 is 56.3. The molecule has 1 aromatic carbocycles. The third kappa shape index (κ3) is 3.15. The molecule has 0 fully saturated rings. The Morgan fingerprint density at radius 3 is 2.38 bits per heavy atom. The third-order valence-corrected chi connectivity index (χ3v) is 2.84. The Bertz CT molecular complexity index is 568. The zero-order valence-corrected chi connectivity index (χ0v) is 10.9. The van der Waals surface area contributed by atoms with Gasteiger partial charge in [-0.25, -0.2) is 9.18 Å². The standard InChI is InChI=1S/C13H12F4O4/c1-7(6-12(20,11(18)19)13(15,16)17)8-4-3-5-9(14)10(8)21-2/h3-5,20H,1,6H2,2H3,(H,18,19). The molecule has 0 aliphatic heterocycles. The number of halogens is 4. The van der Waals surface area contributed by atoms with Gasteiger partial charge in [-0.15, -0.1) is 0 Å². The lowest BCUT2D eigenvalue weighted by atomic mass is 9.90. The fourth-order valence-corrected chi connectivity index (χ4v) is 1.70. The van der Waals surface area contributed by atoms with Gasteiger partial charge in [-0.1, -0.05) is 18.7 Å². The van der Waals surface area contributed by atoms with Crippen molar-refractivity contribution in [1.82, 2.24) is 0 Å². The molecular weight excluding hydrogens is 296 g/mol. The molecule has 0 aliphatic carbocycles. The first-order valence-electron chi connectivity index (χ1n) is 5.57. The molecule has 1 atom stereocenters. The first kappa shape index (κ1) is 17.0. The van der Waals surface area contributed by atoms with Crippen LogP contribution in [0.15, 0.2) is 24.8 Å². The molecule has 1 aromatic rings. The van der Waals surface area contributed by atoms with E-state index in [-0.39, 0.29) is 11.3 Å². The van der Waals surface area contributed by atoms with Crippen molar-refractivity contribution in [2.45, 2.75) is 18.2 Å². The molecule has 0 heterocycles. The molecule has 0 saturated heterocycles. The highest BCUT2D eigenvalue weighted by Gasteiger charge is 2.60. The number of benzene rings is 1. The Kier molecular flexibility index (Phi) is 4.62. The Morgan fingerprint density at radius 2 is 1.95 bits per heavy atom. The molecule has 0 aliphatic rings. The third-order valence-electron chi connectivity index (χ3n) is 2.84. The second-order valence-corrected chi connectivity index (χ2v) is 4.26. The van der Waals surface area contributed by atoms with E-state index < -0.39 is 35.6 Å². The van der Waals surface area contributed by atoms with E-state index in [9.17, 15) is 27.5 Å². The molecule has 0 saturated carbocycles. The molecule has 116 valence electrons. The van der Waals surface area contributed by atoms with Crippen LogP contribution in [0, 0.1) is 5.82 Å². The van der Waals surface area contributed by atoms with Gasteiger partial charge in [-0.3, -0.25) is 0 Å². The van der Waals surface area contributed by atoms with E-state index in [0.29, 0.717) is 0 Å². The maximum atomic E-state index is 13.5. The summed E-state index contributed by atoms with van der Waals surface area (Å²) in [6.45, 7) is 3.29. The molecule has 0 bridgehead atoms. The largest absolute Gasteiger partial charge is 0.493 e. The molecule has 0 aromatic heterocycles. The second kappa shape index (κ2) is 5.72. The number of carboxylic acids is 1. The molecule has 0 amide bonds. The molecular formula is C13H12F4O4. The summed E-state index contributed by atoms with van der Waals surface area (Å²) >= 11 is 0. The highest BCUT2D eigenvalue weighted by atomic mass is 19.4. The highest BCUT2D eigenvalue weighted by molar-refractivity contribution is 5.82. The van der Waals surface area contributed by atoms with Crippen LogP contribution in [0.4, 0.5) is 17.6 Å². The van der Waals surface area contributed by atoms with Crippen LogP contribution in [0.25, 0.3) is 5.57 Å². The Labute approximate surface area is 117 Å². The van der Waals surface area contributed by atoms with Crippen LogP contribution < -0.4 is 4.74 Å². The number of hydrogen-bond donors (Lipinski definition) is 2. The van der Waals surface area contributed by atoms with Crippen molar-refractivity contribution in [2.75, 3.05) is 7.11 Å². The number of para-hydroxylation sites is 1. The molecule has 4 nitrogen and oxygen atoms in total. The van der Waals surface area contributed by atoms with Gasteiger partial charge in [0, 0.05) is 12.0 Å². The van der Waals surface area contributed by atoms with Crippen LogP contribution in [0.1, 0.15) is 12.0 Å². The quantitative estimate of drug-likeness (QED) is 0.821. The monoisotopic (exact) mass is 308 g/mol. The van der Waals surface area contributed by atoms with E-state index in [2.05, 4.69) is 6.58 Å². The Morgan fingerprint density at radius 1 is 1.38 bits per heavy atom. The fraction of sp³-hybridized carbons (Fsp3) is 0.308. The lowest BCUT2D eigenvalue weighted by molar-refractivity contribution is -0.258. The van der Waals surface area contributed by atoms with E-state index >= 15 is 0 Å². The zero-order valence-electron chi connectivity index (χ0n) is 10.9. The topological polar surface area (TPSA) is 66.8 Å². The van der Waals surface area contributed by atoms with Crippen LogP contribution in [-0.4, -0.2) is 35.1 Å². The lowest BCUT2D eigenvalue weighted by Gasteiger charge is -2.27. The van der Waals surface area contributed by atoms with Gasteiger partial charge in [0.05, 0.1) is 7.11 Å². The SMILES string of the molecule is C=C(CC(O)(C(=O)O)C(F)(F)F)c1cccc(F)c1OC. The van der Waals surface area contributed by atoms with E-state index in [1.165, 1.54) is 12.1 Å². The zero-order chi connectivity index (χ0) is 16.4. The number of alkyl halides is 3. The molecule has 1 rings (SSSR count). The van der Waals surface area contributed by atoms with Crippen LogP contribution in [0.3, 0.4) is 0 Å². The van der Waals surface area contributed by atoms with Crippen LogP contribution in [0.5, 0.6) is 5.75 Å². The number of rotatable bonds is 5. The summed E-state index contributed by atoms with van der Waals surface area (Å²) in [6.07, 6.45) is -6.77. The van der Waals surface area contributed by atoms with Crippen molar-refractivity contribution in [3.63, 3.8) is 0 Å². The smallest absolute Gasteiger partial charge is 0.428 e. The Hall–Kier alpha value is -2.09. The molecule has 8 heteroatoms. The van der Waals surface area contributed by atoms with E-state index in [1.807, 2.05) is 0 Å². The van der Waals surface area contributed by atoms with Crippen molar-refractivity contribution >= 4 is 11.5 Å². The van der Waals surface area contributed by atoms with E-state index in [1.54, 1.807) is 0 Å². The molecule has 0 spiro atoms. The number of ether oxygens (including phenoxy) is 1. The van der Waals surface area contributed by atoms with Crippen molar-refractivity contribution in [2.24, 2.45) is 0 Å². The van der Waals surface area contributed by atoms with Gasteiger partial charge in [-0.05, 0) is 11.6 Å². The first-order valence-corrected chi connectivity index (χ1v) is 5.57. The number of carbonyl (C=O) groups is 1.